The van der Waals surface area contributed by atoms with Crippen molar-refractivity contribution < 1.29 is 50.1 Å². The van der Waals surface area contributed by atoms with Gasteiger partial charge in [-0.1, -0.05) is 43.5 Å². The van der Waals surface area contributed by atoms with E-state index in [1.807, 2.05) is 44.4 Å². The number of hydrogen-bond donors (Lipinski definition) is 0. The summed E-state index contributed by atoms with van der Waals surface area (Å²) in [5, 5.41) is 0. The first-order valence-electron chi connectivity index (χ1n) is 9.71. The fourth-order valence-electron chi connectivity index (χ4n) is 2.50. The second-order valence-electron chi connectivity index (χ2n) is 7.92. The molecule has 1 rings (SSSR count). The number of benzene rings is 1. The molecule has 0 saturated carbocycles. The van der Waals surface area contributed by atoms with Crippen molar-refractivity contribution in [2.24, 2.45) is 0 Å². The monoisotopic (exact) mass is 497 g/mol. The quantitative estimate of drug-likeness (QED) is 0.172. The summed E-state index contributed by atoms with van der Waals surface area (Å²) in [5.41, 5.74) is 1.62. The zero-order chi connectivity index (χ0) is 22.7. The predicted molar refractivity (Wildman–Crippen MR) is 113 cm³/mol. The largest absolute Gasteiger partial charge is 1.00 e. The first kappa shape index (κ1) is 28.5. The highest BCUT2D eigenvalue weighted by Gasteiger charge is 2.23. The van der Waals surface area contributed by atoms with Crippen molar-refractivity contribution in [3.05, 3.63) is 60.2 Å². The van der Waals surface area contributed by atoms with E-state index in [0.29, 0.717) is 11.0 Å². The van der Waals surface area contributed by atoms with Crippen LogP contribution in [0.1, 0.15) is 25.8 Å². The molecule has 1 aromatic carbocycles. The number of ether oxygens (including phenoxy) is 3. The Kier molecular flexibility index (Phi) is 12.7. The van der Waals surface area contributed by atoms with E-state index in [1.165, 1.54) is 19.4 Å². The molecular weight excluding hydrogens is 466 g/mol. The van der Waals surface area contributed by atoms with E-state index in [2.05, 4.69) is 13.2 Å². The second-order valence-corrected chi connectivity index (χ2v) is 7.92. The van der Waals surface area contributed by atoms with Gasteiger partial charge in [0.25, 0.3) is 0 Å². The average molecular weight is 498 g/mol. The fourth-order valence-corrected chi connectivity index (χ4v) is 2.50. The molecular formula is C23H32BrNO6. The molecule has 0 fully saturated rings. The molecule has 0 unspecified atom stereocenters. The van der Waals surface area contributed by atoms with Crippen LogP contribution in [0.15, 0.2) is 54.6 Å². The molecule has 0 radical (unpaired) electrons. The normalized spacial score (nSPS) is 10.6. The van der Waals surface area contributed by atoms with Crippen molar-refractivity contribution in [2.75, 3.05) is 33.9 Å². The van der Waals surface area contributed by atoms with Crippen LogP contribution in [0.4, 0.5) is 0 Å². The van der Waals surface area contributed by atoms with Gasteiger partial charge in [-0.2, -0.15) is 0 Å². The molecule has 0 heterocycles. The van der Waals surface area contributed by atoms with Crippen LogP contribution < -0.4 is 17.0 Å². The lowest BCUT2D eigenvalue weighted by Crippen LogP contribution is -3.00. The van der Waals surface area contributed by atoms with Gasteiger partial charge in [0, 0.05) is 16.7 Å². The highest BCUT2D eigenvalue weighted by molar-refractivity contribution is 5.87. The first-order valence-corrected chi connectivity index (χ1v) is 9.71. The smallest absolute Gasteiger partial charge is 0.333 e. The maximum atomic E-state index is 12.4. The Bertz CT molecular complexity index is 746. The van der Waals surface area contributed by atoms with Crippen LogP contribution in [0.3, 0.4) is 0 Å². The Morgan fingerprint density at radius 3 is 1.87 bits per heavy atom. The molecule has 0 saturated heterocycles. The number of carbonyl (C=O) groups is 3. The van der Waals surface area contributed by atoms with Gasteiger partial charge in [-0.3, -0.25) is 4.79 Å². The van der Waals surface area contributed by atoms with E-state index in [-0.39, 0.29) is 47.8 Å². The van der Waals surface area contributed by atoms with Crippen LogP contribution in [-0.4, -0.2) is 62.3 Å². The van der Waals surface area contributed by atoms with Crippen LogP contribution in [0.2, 0.25) is 0 Å². The summed E-state index contributed by atoms with van der Waals surface area (Å²) in [7, 11) is 4.06. The maximum absolute atomic E-state index is 12.4. The number of esters is 3. The van der Waals surface area contributed by atoms with E-state index in [0.717, 1.165) is 6.54 Å². The Morgan fingerprint density at radius 1 is 0.935 bits per heavy atom. The summed E-state index contributed by atoms with van der Waals surface area (Å²) in [4.78, 5) is 35.6. The first-order chi connectivity index (χ1) is 14.0. The van der Waals surface area contributed by atoms with E-state index in [9.17, 15) is 14.4 Å². The number of hydrogen-bond acceptors (Lipinski definition) is 6. The van der Waals surface area contributed by atoms with Crippen molar-refractivity contribution in [1.82, 2.24) is 0 Å². The topological polar surface area (TPSA) is 78.9 Å². The zero-order valence-corrected chi connectivity index (χ0v) is 20.3. The summed E-state index contributed by atoms with van der Waals surface area (Å²) in [5.74, 6) is -1.68. The average Bonchev–Trinajstić information content (AvgIpc) is 2.68. The minimum Gasteiger partial charge on any atom is -1.00 e. The summed E-state index contributed by atoms with van der Waals surface area (Å²) in [6.07, 6.45) is -0.743. The van der Waals surface area contributed by atoms with Gasteiger partial charge in [0.1, 0.15) is 19.8 Å². The highest BCUT2D eigenvalue weighted by Crippen LogP contribution is 2.11. The number of halogens is 1. The molecule has 1 aromatic rings. The van der Waals surface area contributed by atoms with Crippen LogP contribution in [-0.2, 0) is 35.1 Å². The molecule has 0 spiro atoms. The molecule has 0 aromatic heterocycles. The summed E-state index contributed by atoms with van der Waals surface area (Å²) in [6, 6.07) is 10.0. The van der Waals surface area contributed by atoms with Gasteiger partial charge in [-0.25, -0.2) is 9.59 Å². The maximum Gasteiger partial charge on any atom is 0.333 e. The Labute approximate surface area is 195 Å². The number of quaternary nitrogens is 1. The Balaban J connectivity index is 0.00000900. The van der Waals surface area contributed by atoms with Crippen molar-refractivity contribution >= 4 is 17.9 Å². The predicted octanol–water partition coefficient (Wildman–Crippen LogP) is -0.192. The van der Waals surface area contributed by atoms with Crippen LogP contribution >= 0.6 is 0 Å². The summed E-state index contributed by atoms with van der Waals surface area (Å²) in [6.45, 7) is 10.9. The SMILES string of the molecule is C=C(C)C(=O)OCC(COC(=O)C(=C)C)OC(=O)CC[N+](C)(C)Cc1ccccc1.[Br-]. The van der Waals surface area contributed by atoms with Gasteiger partial charge >= 0.3 is 17.9 Å². The van der Waals surface area contributed by atoms with Gasteiger partial charge in [0.2, 0.25) is 0 Å². The third kappa shape index (κ3) is 12.1. The Morgan fingerprint density at radius 2 is 1.42 bits per heavy atom. The molecule has 0 N–H and O–H groups in total. The number of rotatable bonds is 12. The van der Waals surface area contributed by atoms with Crippen molar-refractivity contribution in [2.45, 2.75) is 32.9 Å². The lowest BCUT2D eigenvalue weighted by atomic mass is 10.2. The van der Waals surface area contributed by atoms with E-state index >= 15 is 0 Å². The van der Waals surface area contributed by atoms with E-state index in [1.54, 1.807) is 0 Å². The minimum atomic E-state index is -0.908. The second kappa shape index (κ2) is 13.8. The van der Waals surface area contributed by atoms with Crippen LogP contribution in [0.25, 0.3) is 0 Å². The lowest BCUT2D eigenvalue weighted by Gasteiger charge is -2.29. The Hall–Kier alpha value is -2.45. The van der Waals surface area contributed by atoms with Gasteiger partial charge in [-0.05, 0) is 13.8 Å². The summed E-state index contributed by atoms with van der Waals surface area (Å²) >= 11 is 0. The number of carbonyl (C=O) groups excluding carboxylic acids is 3. The van der Waals surface area contributed by atoms with Gasteiger partial charge < -0.3 is 35.7 Å². The van der Waals surface area contributed by atoms with Crippen LogP contribution in [0.5, 0.6) is 0 Å². The van der Waals surface area contributed by atoms with Gasteiger partial charge in [0.05, 0.1) is 27.1 Å². The van der Waals surface area contributed by atoms with Crippen molar-refractivity contribution in [3.63, 3.8) is 0 Å². The van der Waals surface area contributed by atoms with Crippen LogP contribution in [0, 0.1) is 0 Å². The number of nitrogens with zero attached hydrogens (tertiary/aromatic N) is 1. The molecule has 0 aliphatic heterocycles. The van der Waals surface area contributed by atoms with Crippen molar-refractivity contribution in [1.29, 1.82) is 0 Å². The van der Waals surface area contributed by atoms with Gasteiger partial charge in [-0.15, -0.1) is 0 Å². The molecule has 31 heavy (non-hydrogen) atoms. The molecule has 0 amide bonds. The molecule has 0 aliphatic carbocycles. The summed E-state index contributed by atoms with van der Waals surface area (Å²) < 4.78 is 16.1. The molecule has 8 heteroatoms. The van der Waals surface area contributed by atoms with Crippen molar-refractivity contribution in [3.8, 4) is 0 Å². The van der Waals surface area contributed by atoms with E-state index < -0.39 is 24.0 Å². The zero-order valence-electron chi connectivity index (χ0n) is 18.7. The minimum absolute atomic E-state index is 0. The molecule has 172 valence electrons. The highest BCUT2D eigenvalue weighted by atomic mass is 79.9. The standard InChI is InChI=1S/C23H32NO6.BrH/c1-17(2)22(26)28-15-20(16-29-23(27)18(3)4)30-21(25)12-13-24(5,6)14-19-10-8-7-9-11-19;/h7-11,20H,1,3,12-16H2,2,4-6H3;1H/q+1;/p-1. The van der Waals surface area contributed by atoms with Gasteiger partial charge in [0.15, 0.2) is 6.10 Å². The third-order valence-electron chi connectivity index (χ3n) is 4.17. The molecule has 7 nitrogen and oxygen atoms in total. The lowest BCUT2D eigenvalue weighted by molar-refractivity contribution is -0.903. The molecule has 0 atom stereocenters. The van der Waals surface area contributed by atoms with E-state index in [4.69, 9.17) is 14.2 Å². The fraction of sp³-hybridized carbons (Fsp3) is 0.435. The molecule has 0 bridgehead atoms. The molecule has 0 aliphatic rings. The third-order valence-corrected chi connectivity index (χ3v) is 4.17.